The van der Waals surface area contributed by atoms with E-state index in [4.69, 9.17) is 18.9 Å². The van der Waals surface area contributed by atoms with Gasteiger partial charge in [0.25, 0.3) is 0 Å². The van der Waals surface area contributed by atoms with Gasteiger partial charge in [-0.3, -0.25) is 0 Å². The highest BCUT2D eigenvalue weighted by atomic mass is 16.5. The van der Waals surface area contributed by atoms with Crippen molar-refractivity contribution in [3.05, 3.63) is 71.3 Å². The van der Waals surface area contributed by atoms with Crippen molar-refractivity contribution in [2.45, 2.75) is 26.4 Å². The second-order valence-electron chi connectivity index (χ2n) is 7.55. The molecule has 0 aromatic heterocycles. The normalized spacial score (nSPS) is 21.3. The molecule has 2 aromatic carbocycles. The number of esters is 1. The minimum atomic E-state index is -0.277. The first kappa shape index (κ1) is 21.9. The van der Waals surface area contributed by atoms with Gasteiger partial charge in [-0.2, -0.15) is 0 Å². The molecule has 3 rings (SSSR count). The fourth-order valence-corrected chi connectivity index (χ4v) is 3.86. The number of methoxy groups -OCH3 is 2. The van der Waals surface area contributed by atoms with Gasteiger partial charge in [0.05, 0.1) is 33.5 Å². The Labute approximate surface area is 178 Å². The predicted molar refractivity (Wildman–Crippen MR) is 116 cm³/mol. The second-order valence-corrected chi connectivity index (χ2v) is 7.55. The average Bonchev–Trinajstić information content (AvgIpc) is 3.19. The molecule has 1 fully saturated rings. The number of allylic oxidation sites excluding steroid dienone is 1. The third-order valence-electron chi connectivity index (χ3n) is 5.72. The fourth-order valence-electron chi connectivity index (χ4n) is 3.86. The van der Waals surface area contributed by atoms with Crippen LogP contribution in [0.5, 0.6) is 11.5 Å². The van der Waals surface area contributed by atoms with Crippen molar-refractivity contribution in [1.82, 2.24) is 0 Å². The van der Waals surface area contributed by atoms with E-state index in [1.54, 1.807) is 27.2 Å². The topological polar surface area (TPSA) is 54.0 Å². The molecule has 0 saturated carbocycles. The van der Waals surface area contributed by atoms with Crippen molar-refractivity contribution in [2.24, 2.45) is 11.8 Å². The van der Waals surface area contributed by atoms with Gasteiger partial charge in [-0.25, -0.2) is 4.79 Å². The summed E-state index contributed by atoms with van der Waals surface area (Å²) in [5.41, 5.74) is 2.86. The molecule has 30 heavy (non-hydrogen) atoms. The van der Waals surface area contributed by atoms with Crippen LogP contribution in [0.15, 0.2) is 60.2 Å². The first-order valence-electron chi connectivity index (χ1n) is 10.2. The van der Waals surface area contributed by atoms with E-state index in [2.05, 4.69) is 12.1 Å². The van der Waals surface area contributed by atoms with Crippen LogP contribution in [0.1, 0.15) is 31.1 Å². The number of carbonyl (C=O) groups excluding carboxylic acids is 1. The van der Waals surface area contributed by atoms with Crippen molar-refractivity contribution in [1.29, 1.82) is 0 Å². The Morgan fingerprint density at radius 1 is 1.10 bits per heavy atom. The molecular formula is C25H30O5. The molecule has 0 N–H and O–H groups in total. The van der Waals surface area contributed by atoms with Gasteiger partial charge in [0.1, 0.15) is 0 Å². The maximum Gasteiger partial charge on any atom is 0.333 e. The molecule has 0 amide bonds. The average molecular weight is 411 g/mol. The minimum absolute atomic E-state index is 0.0640. The lowest BCUT2D eigenvalue weighted by atomic mass is 9.84. The van der Waals surface area contributed by atoms with Crippen molar-refractivity contribution in [2.75, 3.05) is 27.4 Å². The molecule has 0 bridgehead atoms. The summed E-state index contributed by atoms with van der Waals surface area (Å²) in [4.78, 5) is 12.2. The molecule has 5 nitrogen and oxygen atoms in total. The van der Waals surface area contributed by atoms with E-state index in [0.29, 0.717) is 30.3 Å². The minimum Gasteiger partial charge on any atom is -0.493 e. The molecule has 3 atom stereocenters. The molecule has 1 heterocycles. The Hall–Kier alpha value is -2.79. The van der Waals surface area contributed by atoms with Gasteiger partial charge in [0.15, 0.2) is 11.5 Å². The molecule has 5 heteroatoms. The second kappa shape index (κ2) is 10.3. The molecule has 0 aliphatic carbocycles. The highest BCUT2D eigenvalue weighted by molar-refractivity contribution is 5.87. The Kier molecular flexibility index (Phi) is 7.52. The highest BCUT2D eigenvalue weighted by Crippen LogP contribution is 2.41. The monoisotopic (exact) mass is 410 g/mol. The van der Waals surface area contributed by atoms with Gasteiger partial charge in [0.2, 0.25) is 0 Å². The number of rotatable bonds is 8. The Morgan fingerprint density at radius 3 is 2.50 bits per heavy atom. The first-order valence-corrected chi connectivity index (χ1v) is 10.2. The van der Waals surface area contributed by atoms with Crippen molar-refractivity contribution in [3.8, 4) is 11.5 Å². The summed E-state index contributed by atoms with van der Waals surface area (Å²) in [5.74, 6) is 1.42. The van der Waals surface area contributed by atoms with Gasteiger partial charge >= 0.3 is 5.97 Å². The summed E-state index contributed by atoms with van der Waals surface area (Å²) in [6.45, 7) is 4.53. The summed E-state index contributed by atoms with van der Waals surface area (Å²) in [7, 11) is 3.27. The summed E-state index contributed by atoms with van der Waals surface area (Å²) < 4.78 is 22.6. The molecule has 1 aliphatic heterocycles. The number of ether oxygens (including phenoxy) is 4. The van der Waals surface area contributed by atoms with Gasteiger partial charge in [0, 0.05) is 11.5 Å². The maximum absolute atomic E-state index is 12.2. The van der Waals surface area contributed by atoms with Crippen LogP contribution in [0.3, 0.4) is 0 Å². The number of carbonyl (C=O) groups is 1. The van der Waals surface area contributed by atoms with Crippen molar-refractivity contribution < 1.29 is 23.7 Å². The van der Waals surface area contributed by atoms with Crippen LogP contribution in [-0.4, -0.2) is 33.4 Å². The number of benzene rings is 2. The van der Waals surface area contributed by atoms with Gasteiger partial charge < -0.3 is 18.9 Å². The Morgan fingerprint density at radius 2 is 1.83 bits per heavy atom. The van der Waals surface area contributed by atoms with E-state index in [0.717, 1.165) is 17.5 Å². The summed E-state index contributed by atoms with van der Waals surface area (Å²) in [6.07, 6.45) is 2.47. The third-order valence-corrected chi connectivity index (χ3v) is 5.72. The van der Waals surface area contributed by atoms with Gasteiger partial charge in [-0.05, 0) is 49.4 Å². The zero-order chi connectivity index (χ0) is 21.5. The SMILES string of the molecule is C/C=C(/C)C(=O)OC[C@H]1[C@@H](Cc2ccc(OC)c(OC)c2)CO[C@@H]1c1ccccc1. The lowest BCUT2D eigenvalue weighted by Crippen LogP contribution is -2.24. The molecule has 160 valence electrons. The largest absolute Gasteiger partial charge is 0.493 e. The third kappa shape index (κ3) is 5.03. The summed E-state index contributed by atoms with van der Waals surface area (Å²) >= 11 is 0. The molecule has 1 saturated heterocycles. The van der Waals surface area contributed by atoms with Crippen LogP contribution < -0.4 is 9.47 Å². The number of hydrogen-bond donors (Lipinski definition) is 0. The fraction of sp³-hybridized carbons (Fsp3) is 0.400. The van der Waals surface area contributed by atoms with E-state index < -0.39 is 0 Å². The smallest absolute Gasteiger partial charge is 0.333 e. The van der Waals surface area contributed by atoms with E-state index in [-0.39, 0.29) is 23.9 Å². The zero-order valence-electron chi connectivity index (χ0n) is 18.1. The van der Waals surface area contributed by atoms with Crippen LogP contribution in [0.4, 0.5) is 0 Å². The zero-order valence-corrected chi connectivity index (χ0v) is 18.1. The van der Waals surface area contributed by atoms with E-state index in [9.17, 15) is 4.79 Å². The quantitative estimate of drug-likeness (QED) is 0.464. The predicted octanol–water partition coefficient (Wildman–Crippen LogP) is 4.76. The molecule has 0 radical (unpaired) electrons. The molecule has 2 aromatic rings. The van der Waals surface area contributed by atoms with Crippen LogP contribution in [0, 0.1) is 11.8 Å². The van der Waals surface area contributed by atoms with Gasteiger partial charge in [-0.1, -0.05) is 42.5 Å². The molecule has 1 aliphatic rings. The summed E-state index contributed by atoms with van der Waals surface area (Å²) in [5, 5.41) is 0. The number of hydrogen-bond acceptors (Lipinski definition) is 5. The molecule has 0 spiro atoms. The molecule has 0 unspecified atom stereocenters. The molecular weight excluding hydrogens is 380 g/mol. The van der Waals surface area contributed by atoms with Crippen LogP contribution in [0.25, 0.3) is 0 Å². The van der Waals surface area contributed by atoms with Crippen LogP contribution >= 0.6 is 0 Å². The van der Waals surface area contributed by atoms with E-state index >= 15 is 0 Å². The van der Waals surface area contributed by atoms with Crippen molar-refractivity contribution in [3.63, 3.8) is 0 Å². The van der Waals surface area contributed by atoms with E-state index in [1.165, 1.54) is 0 Å². The Bertz CT molecular complexity index is 874. The highest BCUT2D eigenvalue weighted by Gasteiger charge is 2.39. The van der Waals surface area contributed by atoms with Crippen LogP contribution in [-0.2, 0) is 20.7 Å². The maximum atomic E-state index is 12.2. The summed E-state index contributed by atoms with van der Waals surface area (Å²) in [6, 6.07) is 16.1. The standard InChI is InChI=1S/C25H30O5/c1-5-17(2)25(26)30-16-21-20(15-29-24(21)19-9-7-6-8-10-19)13-18-11-12-22(27-3)23(14-18)28-4/h5-12,14,20-21,24H,13,15-16H2,1-4H3/b17-5-/t20-,21-,24+/m0/s1. The first-order chi connectivity index (χ1) is 14.6. The van der Waals surface area contributed by atoms with Crippen LogP contribution in [0.2, 0.25) is 0 Å². The Balaban J connectivity index is 1.80. The lowest BCUT2D eigenvalue weighted by molar-refractivity contribution is -0.141. The van der Waals surface area contributed by atoms with Gasteiger partial charge in [-0.15, -0.1) is 0 Å². The lowest BCUT2D eigenvalue weighted by Gasteiger charge is -2.23. The van der Waals surface area contributed by atoms with E-state index in [1.807, 2.05) is 43.3 Å². The van der Waals surface area contributed by atoms with Crippen molar-refractivity contribution >= 4 is 5.97 Å².